The molecule has 1 aromatic heterocycles. The van der Waals surface area contributed by atoms with Crippen molar-refractivity contribution in [3.05, 3.63) is 57.3 Å². The first-order valence-electron chi connectivity index (χ1n) is 8.35. The van der Waals surface area contributed by atoms with Gasteiger partial charge in [-0.3, -0.25) is 0 Å². The Morgan fingerprint density at radius 2 is 1.96 bits per heavy atom. The zero-order valence-electron chi connectivity index (χ0n) is 14.6. The highest BCUT2D eigenvalue weighted by atomic mass is 32.1. The first-order valence-corrected chi connectivity index (χ1v) is 9.23. The molecule has 1 unspecified atom stereocenters. The van der Waals surface area contributed by atoms with Gasteiger partial charge in [0.2, 0.25) is 11.7 Å². The van der Waals surface area contributed by atoms with Gasteiger partial charge in [0.1, 0.15) is 0 Å². The lowest BCUT2D eigenvalue weighted by atomic mass is 9.93. The van der Waals surface area contributed by atoms with Crippen LogP contribution in [0.2, 0.25) is 0 Å². The summed E-state index contributed by atoms with van der Waals surface area (Å²) < 4.78 is 0. The maximum absolute atomic E-state index is 6.41. The molecule has 24 heavy (non-hydrogen) atoms. The smallest absolute Gasteiger partial charge is 0.241 e. The lowest BCUT2D eigenvalue weighted by Gasteiger charge is -2.27. The molecule has 1 aromatic carbocycles. The molecule has 4 rings (SSSR count). The molecule has 0 amide bonds. The van der Waals surface area contributed by atoms with Crippen LogP contribution in [-0.4, -0.2) is 23.6 Å². The van der Waals surface area contributed by atoms with Crippen molar-refractivity contribution in [3.8, 4) is 0 Å². The third-order valence-electron chi connectivity index (χ3n) is 4.43. The van der Waals surface area contributed by atoms with Crippen molar-refractivity contribution in [1.29, 1.82) is 0 Å². The summed E-state index contributed by atoms with van der Waals surface area (Å²) >= 11 is 1.80. The molecule has 2 heterocycles. The molecule has 0 radical (unpaired) electrons. The zero-order chi connectivity index (χ0) is 16.9. The summed E-state index contributed by atoms with van der Waals surface area (Å²) in [5, 5.41) is 7.39. The molecule has 1 atom stereocenters. The Morgan fingerprint density at radius 3 is 2.75 bits per heavy atom. The average molecular weight is 341 g/mol. The fraction of sp³-hybridized carbons (Fsp3) is 0.421. The van der Waals surface area contributed by atoms with E-state index < -0.39 is 5.72 Å². The number of aryl methyl sites for hydroxylation is 2. The van der Waals surface area contributed by atoms with Crippen LogP contribution in [0.25, 0.3) is 0 Å². The molecule has 126 valence electrons. The minimum Gasteiger partial charge on any atom is -0.350 e. The molecule has 1 N–H and O–H groups in total. The van der Waals surface area contributed by atoms with E-state index in [9.17, 15) is 0 Å². The van der Waals surface area contributed by atoms with Crippen molar-refractivity contribution in [2.24, 2.45) is 4.99 Å². The highest BCUT2D eigenvalue weighted by Gasteiger charge is 2.47. The number of aliphatic imine (C=N–C) groups is 1. The number of fused-ring (bicyclic) bond motifs is 4. The lowest BCUT2D eigenvalue weighted by Crippen LogP contribution is -2.46. The standard InChI is InChI=1S/C19H23N3OS/c1-18(2,3)20-17-21-19(23-22(17)4)14-8-6-5-7-13(14)9-10-16-15(19)11-12-24-16/h5-8,11-12H,9-10H2,1-4H3,(H,20,21). The van der Waals surface area contributed by atoms with Crippen molar-refractivity contribution in [1.82, 2.24) is 10.4 Å². The highest BCUT2D eigenvalue weighted by Crippen LogP contribution is 2.46. The van der Waals surface area contributed by atoms with Crippen LogP contribution in [0, 0.1) is 0 Å². The van der Waals surface area contributed by atoms with E-state index in [0.717, 1.165) is 24.4 Å². The molecule has 5 heteroatoms. The molecule has 0 fully saturated rings. The second-order valence-electron chi connectivity index (χ2n) is 7.46. The molecule has 1 spiro atoms. The van der Waals surface area contributed by atoms with Crippen LogP contribution < -0.4 is 5.32 Å². The van der Waals surface area contributed by atoms with Crippen LogP contribution in [0.5, 0.6) is 0 Å². The Kier molecular flexibility index (Phi) is 3.48. The SMILES string of the molecule is CN1OC2(N=C1NC(C)(C)C)c1ccccc1CCc1sccc12. The van der Waals surface area contributed by atoms with E-state index in [1.165, 1.54) is 16.0 Å². The maximum Gasteiger partial charge on any atom is 0.241 e. The van der Waals surface area contributed by atoms with E-state index in [1.54, 1.807) is 16.4 Å². The van der Waals surface area contributed by atoms with Crippen LogP contribution in [0.1, 0.15) is 42.3 Å². The van der Waals surface area contributed by atoms with Crippen molar-refractivity contribution < 1.29 is 4.84 Å². The summed E-state index contributed by atoms with van der Waals surface area (Å²) in [6.45, 7) is 6.39. The van der Waals surface area contributed by atoms with Gasteiger partial charge < -0.3 is 5.32 Å². The minimum atomic E-state index is -0.773. The summed E-state index contributed by atoms with van der Waals surface area (Å²) in [6, 6.07) is 10.7. The molecule has 1 aliphatic heterocycles. The van der Waals surface area contributed by atoms with E-state index in [-0.39, 0.29) is 5.54 Å². The number of nitrogens with one attached hydrogen (secondary N) is 1. The van der Waals surface area contributed by atoms with Gasteiger partial charge in [0.15, 0.2) is 0 Å². The van der Waals surface area contributed by atoms with Crippen LogP contribution in [0.3, 0.4) is 0 Å². The fourth-order valence-corrected chi connectivity index (χ4v) is 4.36. The van der Waals surface area contributed by atoms with Gasteiger partial charge in [-0.25, -0.2) is 14.9 Å². The molecular formula is C19H23N3OS. The molecule has 4 nitrogen and oxygen atoms in total. The predicted octanol–water partition coefficient (Wildman–Crippen LogP) is 3.67. The van der Waals surface area contributed by atoms with Crippen molar-refractivity contribution >= 4 is 17.3 Å². The van der Waals surface area contributed by atoms with E-state index in [2.05, 4.69) is 61.8 Å². The van der Waals surface area contributed by atoms with E-state index in [0.29, 0.717) is 0 Å². The Morgan fingerprint density at radius 1 is 1.17 bits per heavy atom. The number of hydrogen-bond acceptors (Lipinski definition) is 5. The van der Waals surface area contributed by atoms with Crippen LogP contribution in [-0.2, 0) is 23.4 Å². The zero-order valence-corrected chi connectivity index (χ0v) is 15.4. The van der Waals surface area contributed by atoms with E-state index in [4.69, 9.17) is 9.83 Å². The number of rotatable bonds is 0. The van der Waals surface area contributed by atoms with Crippen LogP contribution in [0.4, 0.5) is 0 Å². The molecule has 2 aliphatic rings. The lowest BCUT2D eigenvalue weighted by molar-refractivity contribution is -0.153. The quantitative estimate of drug-likeness (QED) is 0.794. The van der Waals surface area contributed by atoms with Gasteiger partial charge in [0.25, 0.3) is 0 Å². The van der Waals surface area contributed by atoms with Crippen LogP contribution >= 0.6 is 11.3 Å². The first-order chi connectivity index (χ1) is 11.4. The normalized spacial score (nSPS) is 22.8. The Bertz CT molecular complexity index is 805. The van der Waals surface area contributed by atoms with Gasteiger partial charge in [-0.1, -0.05) is 24.3 Å². The number of nitrogens with zero attached hydrogens (tertiary/aromatic N) is 2. The van der Waals surface area contributed by atoms with Gasteiger partial charge in [-0.2, -0.15) is 0 Å². The number of thiophene rings is 1. The number of guanidine groups is 1. The van der Waals surface area contributed by atoms with Gasteiger partial charge >= 0.3 is 0 Å². The number of hydrogen-bond donors (Lipinski definition) is 1. The molecule has 0 bridgehead atoms. The third-order valence-corrected chi connectivity index (χ3v) is 5.41. The van der Waals surface area contributed by atoms with E-state index >= 15 is 0 Å². The first kappa shape index (κ1) is 15.7. The monoisotopic (exact) mass is 341 g/mol. The van der Waals surface area contributed by atoms with Gasteiger partial charge in [0.05, 0.1) is 0 Å². The van der Waals surface area contributed by atoms with Crippen molar-refractivity contribution in [3.63, 3.8) is 0 Å². The number of hydroxylamine groups is 2. The highest BCUT2D eigenvalue weighted by molar-refractivity contribution is 7.10. The maximum atomic E-state index is 6.41. The largest absolute Gasteiger partial charge is 0.350 e. The van der Waals surface area contributed by atoms with Crippen molar-refractivity contribution in [2.75, 3.05) is 7.05 Å². The van der Waals surface area contributed by atoms with Gasteiger partial charge in [-0.15, -0.1) is 11.3 Å². The summed E-state index contributed by atoms with van der Waals surface area (Å²) in [7, 11) is 1.92. The summed E-state index contributed by atoms with van der Waals surface area (Å²) in [4.78, 5) is 12.9. The van der Waals surface area contributed by atoms with Gasteiger partial charge in [0, 0.05) is 28.6 Å². The third kappa shape index (κ3) is 2.43. The van der Waals surface area contributed by atoms with E-state index in [1.807, 2.05) is 7.05 Å². The molecule has 1 aliphatic carbocycles. The Balaban J connectivity index is 1.92. The molecule has 0 saturated carbocycles. The molecule has 2 aromatic rings. The number of benzene rings is 1. The molecule has 0 saturated heterocycles. The summed E-state index contributed by atoms with van der Waals surface area (Å²) in [5.41, 5.74) is 2.79. The topological polar surface area (TPSA) is 36.9 Å². The average Bonchev–Trinajstić information content (AvgIpc) is 3.07. The van der Waals surface area contributed by atoms with Crippen molar-refractivity contribution in [2.45, 2.75) is 44.9 Å². The predicted molar refractivity (Wildman–Crippen MR) is 98.1 cm³/mol. The second kappa shape index (κ2) is 5.33. The minimum absolute atomic E-state index is 0.0797. The Hall–Kier alpha value is -1.85. The van der Waals surface area contributed by atoms with Crippen LogP contribution in [0.15, 0.2) is 40.7 Å². The summed E-state index contributed by atoms with van der Waals surface area (Å²) in [6.07, 6.45) is 2.06. The summed E-state index contributed by atoms with van der Waals surface area (Å²) in [5.74, 6) is 0.774. The second-order valence-corrected chi connectivity index (χ2v) is 8.46. The fourth-order valence-electron chi connectivity index (χ4n) is 3.44. The van der Waals surface area contributed by atoms with Gasteiger partial charge in [-0.05, 0) is 50.6 Å². The molecular weight excluding hydrogens is 318 g/mol. The Labute approximate surface area is 147 Å².